The first-order valence-electron chi connectivity index (χ1n) is 8.57. The van der Waals surface area contributed by atoms with Crippen molar-refractivity contribution in [3.63, 3.8) is 0 Å². The van der Waals surface area contributed by atoms with Crippen LogP contribution in [0.25, 0.3) is 0 Å². The molecule has 0 unspecified atom stereocenters. The fourth-order valence-electron chi connectivity index (χ4n) is 3.30. The lowest BCUT2D eigenvalue weighted by atomic mass is 9.91. The van der Waals surface area contributed by atoms with Crippen molar-refractivity contribution in [2.24, 2.45) is 5.92 Å². The van der Waals surface area contributed by atoms with Crippen molar-refractivity contribution >= 4 is 23.0 Å². The Labute approximate surface area is 147 Å². The number of likely N-dealkylation sites (tertiary alicyclic amines) is 1. The maximum absolute atomic E-state index is 12.7. The van der Waals surface area contributed by atoms with Crippen molar-refractivity contribution in [2.45, 2.75) is 32.6 Å². The van der Waals surface area contributed by atoms with Gasteiger partial charge in [0, 0.05) is 13.1 Å². The Hall–Kier alpha value is -1.94. The maximum atomic E-state index is 12.7. The van der Waals surface area contributed by atoms with E-state index in [2.05, 4.69) is 24.3 Å². The summed E-state index contributed by atoms with van der Waals surface area (Å²) in [5.74, 6) is 0.672. The first kappa shape index (κ1) is 16.9. The van der Waals surface area contributed by atoms with Crippen LogP contribution in [0.2, 0.25) is 0 Å². The molecule has 1 aromatic heterocycles. The summed E-state index contributed by atoms with van der Waals surface area (Å²) < 4.78 is 0. The molecule has 1 fully saturated rings. The zero-order chi connectivity index (χ0) is 16.9. The molecule has 0 saturated carbocycles. The summed E-state index contributed by atoms with van der Waals surface area (Å²) in [5.41, 5.74) is 1.37. The Kier molecular flexibility index (Phi) is 5.46. The van der Waals surface area contributed by atoms with Crippen molar-refractivity contribution in [3.8, 4) is 0 Å². The van der Waals surface area contributed by atoms with Crippen LogP contribution in [0.15, 0.2) is 42.5 Å². The van der Waals surface area contributed by atoms with Crippen molar-refractivity contribution in [1.29, 1.82) is 0 Å². The molecule has 2 aromatic rings. The maximum Gasteiger partial charge on any atom is 0.263 e. The summed E-state index contributed by atoms with van der Waals surface area (Å²) in [6.07, 6.45) is 4.45. The second-order valence-electron chi connectivity index (χ2n) is 6.50. The highest BCUT2D eigenvalue weighted by atomic mass is 32.1. The summed E-state index contributed by atoms with van der Waals surface area (Å²) in [5, 5.41) is 0. The lowest BCUT2D eigenvalue weighted by Crippen LogP contribution is -2.39. The van der Waals surface area contributed by atoms with Gasteiger partial charge in [0.1, 0.15) is 0 Å². The fraction of sp³-hybridized carbons (Fsp3) is 0.400. The number of carbonyl (C=O) groups is 2. The summed E-state index contributed by atoms with van der Waals surface area (Å²) in [7, 11) is 0. The second kappa shape index (κ2) is 7.75. The molecule has 2 heterocycles. The van der Waals surface area contributed by atoms with Gasteiger partial charge >= 0.3 is 0 Å². The summed E-state index contributed by atoms with van der Waals surface area (Å²) >= 11 is 1.31. The van der Waals surface area contributed by atoms with E-state index in [1.54, 1.807) is 19.1 Å². The largest absolute Gasteiger partial charge is 0.338 e. The third-order valence-corrected chi connectivity index (χ3v) is 5.83. The van der Waals surface area contributed by atoms with Gasteiger partial charge in [0.2, 0.25) is 0 Å². The minimum Gasteiger partial charge on any atom is -0.338 e. The predicted octanol–water partition coefficient (Wildman–Crippen LogP) is 4.44. The number of hydrogen-bond donors (Lipinski definition) is 0. The van der Waals surface area contributed by atoms with E-state index in [-0.39, 0.29) is 11.7 Å². The molecule has 1 aliphatic heterocycles. The molecule has 1 saturated heterocycles. The zero-order valence-corrected chi connectivity index (χ0v) is 14.8. The summed E-state index contributed by atoms with van der Waals surface area (Å²) in [6, 6.07) is 14.1. The molecular formula is C20H23NO2S. The number of carbonyl (C=O) groups excluding carboxylic acids is 2. The highest BCUT2D eigenvalue weighted by Crippen LogP contribution is 2.25. The molecule has 126 valence electrons. The van der Waals surface area contributed by atoms with Crippen molar-refractivity contribution in [2.75, 3.05) is 13.1 Å². The predicted molar refractivity (Wildman–Crippen MR) is 97.7 cm³/mol. The van der Waals surface area contributed by atoms with Crippen molar-refractivity contribution in [1.82, 2.24) is 4.90 Å². The van der Waals surface area contributed by atoms with Gasteiger partial charge in [-0.2, -0.15) is 0 Å². The van der Waals surface area contributed by atoms with E-state index in [1.165, 1.54) is 23.3 Å². The van der Waals surface area contributed by atoms with E-state index in [1.807, 2.05) is 11.0 Å². The minimum atomic E-state index is 0.0263. The van der Waals surface area contributed by atoms with Crippen LogP contribution in [0.5, 0.6) is 0 Å². The van der Waals surface area contributed by atoms with Gasteiger partial charge in [0.05, 0.1) is 9.75 Å². The average Bonchev–Trinajstić information content (AvgIpc) is 3.11. The minimum absolute atomic E-state index is 0.0263. The Morgan fingerprint density at radius 2 is 1.88 bits per heavy atom. The van der Waals surface area contributed by atoms with E-state index in [0.717, 1.165) is 32.4 Å². The Morgan fingerprint density at radius 3 is 2.58 bits per heavy atom. The third-order valence-electron chi connectivity index (χ3n) is 4.65. The number of piperidine rings is 1. The molecule has 24 heavy (non-hydrogen) atoms. The van der Waals surface area contributed by atoms with Crippen LogP contribution in [0.1, 0.15) is 51.1 Å². The lowest BCUT2D eigenvalue weighted by molar-refractivity contribution is 0.0673. The van der Waals surface area contributed by atoms with Gasteiger partial charge in [-0.25, -0.2) is 0 Å². The molecule has 1 amide bonds. The third kappa shape index (κ3) is 4.12. The van der Waals surface area contributed by atoms with Crippen LogP contribution >= 0.6 is 11.3 Å². The van der Waals surface area contributed by atoms with E-state index in [9.17, 15) is 9.59 Å². The first-order valence-corrected chi connectivity index (χ1v) is 9.39. The van der Waals surface area contributed by atoms with Crippen molar-refractivity contribution < 1.29 is 9.59 Å². The molecule has 0 bridgehead atoms. The number of benzene rings is 1. The molecule has 3 nitrogen and oxygen atoms in total. The first-order chi connectivity index (χ1) is 11.6. The number of rotatable bonds is 5. The smallest absolute Gasteiger partial charge is 0.263 e. The molecule has 1 aromatic carbocycles. The van der Waals surface area contributed by atoms with Crippen LogP contribution < -0.4 is 0 Å². The molecule has 4 heteroatoms. The number of nitrogens with zero attached hydrogens (tertiary/aromatic N) is 1. The SMILES string of the molecule is CC(=O)c1ccc(C(=O)N2CCC[C@H](CCc3ccccc3)C2)s1. The molecule has 1 atom stereocenters. The number of thiophene rings is 1. The van der Waals surface area contributed by atoms with Crippen LogP contribution in [-0.2, 0) is 6.42 Å². The van der Waals surface area contributed by atoms with Gasteiger partial charge in [-0.3, -0.25) is 9.59 Å². The highest BCUT2D eigenvalue weighted by Gasteiger charge is 2.25. The van der Waals surface area contributed by atoms with Gasteiger partial charge in [0.15, 0.2) is 5.78 Å². The standard InChI is InChI=1S/C20H23NO2S/c1-15(22)18-11-12-19(24-18)20(23)21-13-5-8-17(14-21)10-9-16-6-3-2-4-7-16/h2-4,6-7,11-12,17H,5,8-10,13-14H2,1H3/t17-/m1/s1. The Bertz CT molecular complexity index is 707. The monoisotopic (exact) mass is 341 g/mol. The number of ketones is 1. The number of aryl methyl sites for hydroxylation is 1. The summed E-state index contributed by atoms with van der Waals surface area (Å²) in [4.78, 5) is 27.4. The molecule has 0 spiro atoms. The molecular weight excluding hydrogens is 318 g/mol. The molecule has 0 aliphatic carbocycles. The molecule has 0 radical (unpaired) electrons. The van der Waals surface area contributed by atoms with Crippen LogP contribution in [-0.4, -0.2) is 29.7 Å². The second-order valence-corrected chi connectivity index (χ2v) is 7.59. The van der Waals surface area contributed by atoms with E-state index in [4.69, 9.17) is 0 Å². The van der Waals surface area contributed by atoms with Crippen molar-refractivity contribution in [3.05, 3.63) is 57.8 Å². The van der Waals surface area contributed by atoms with Gasteiger partial charge < -0.3 is 4.90 Å². The van der Waals surface area contributed by atoms with Gasteiger partial charge in [-0.05, 0) is 56.2 Å². The van der Waals surface area contributed by atoms with Crippen LogP contribution in [0.4, 0.5) is 0 Å². The highest BCUT2D eigenvalue weighted by molar-refractivity contribution is 7.15. The van der Waals surface area contributed by atoms with E-state index < -0.39 is 0 Å². The number of hydrogen-bond acceptors (Lipinski definition) is 3. The Morgan fingerprint density at radius 1 is 1.12 bits per heavy atom. The average molecular weight is 341 g/mol. The molecule has 3 rings (SSSR count). The topological polar surface area (TPSA) is 37.4 Å². The number of amides is 1. The lowest BCUT2D eigenvalue weighted by Gasteiger charge is -2.32. The van der Waals surface area contributed by atoms with Gasteiger partial charge in [-0.15, -0.1) is 11.3 Å². The molecule has 1 aliphatic rings. The number of Topliss-reactive ketones (excluding diaryl/α,β-unsaturated/α-hetero) is 1. The van der Waals surface area contributed by atoms with Gasteiger partial charge in [0.25, 0.3) is 5.91 Å². The van der Waals surface area contributed by atoms with Crippen LogP contribution in [0, 0.1) is 5.92 Å². The quantitative estimate of drug-likeness (QED) is 0.754. The van der Waals surface area contributed by atoms with E-state index >= 15 is 0 Å². The normalized spacial score (nSPS) is 17.7. The van der Waals surface area contributed by atoms with E-state index in [0.29, 0.717) is 15.7 Å². The fourth-order valence-corrected chi connectivity index (χ4v) is 4.17. The summed E-state index contributed by atoms with van der Waals surface area (Å²) in [6.45, 7) is 3.20. The van der Waals surface area contributed by atoms with Gasteiger partial charge in [-0.1, -0.05) is 30.3 Å². The van der Waals surface area contributed by atoms with Crippen LogP contribution in [0.3, 0.4) is 0 Å². The zero-order valence-electron chi connectivity index (χ0n) is 14.0. The Balaban J connectivity index is 1.58. The molecule has 0 N–H and O–H groups in total.